The third kappa shape index (κ3) is 5.71. The van der Waals surface area contributed by atoms with Crippen molar-refractivity contribution in [3.05, 3.63) is 0 Å². The molecule has 3 atom stereocenters. The van der Waals surface area contributed by atoms with Gasteiger partial charge in [0.05, 0.1) is 5.92 Å². The number of amides is 1. The first-order valence-corrected chi connectivity index (χ1v) is 6.44. The lowest BCUT2D eigenvalue weighted by atomic mass is 9.92. The summed E-state index contributed by atoms with van der Waals surface area (Å²) in [5, 5.41) is 11.7. The molecule has 0 bridgehead atoms. The number of hydrogen-bond donors (Lipinski definition) is 2. The van der Waals surface area contributed by atoms with Gasteiger partial charge in [0.15, 0.2) is 0 Å². The number of carbonyl (C=O) groups is 2. The Hall–Kier alpha value is -1.06. The summed E-state index contributed by atoms with van der Waals surface area (Å²) in [6.45, 7) is 8.15. The Morgan fingerprint density at radius 2 is 1.82 bits per heavy atom. The molecule has 0 heterocycles. The van der Waals surface area contributed by atoms with Crippen LogP contribution in [0.4, 0.5) is 0 Å². The molecule has 0 rings (SSSR count). The van der Waals surface area contributed by atoms with Crippen molar-refractivity contribution in [2.45, 2.75) is 47.0 Å². The van der Waals surface area contributed by atoms with Crippen LogP contribution in [0, 0.1) is 17.8 Å². The molecule has 2 N–H and O–H groups in total. The average molecular weight is 243 g/mol. The van der Waals surface area contributed by atoms with Crippen LogP contribution in [0.5, 0.6) is 0 Å². The van der Waals surface area contributed by atoms with Gasteiger partial charge in [-0.15, -0.1) is 0 Å². The Labute approximate surface area is 104 Å². The number of carboxylic acid groups (broad SMARTS) is 1. The third-order valence-electron chi connectivity index (χ3n) is 3.42. The van der Waals surface area contributed by atoms with Gasteiger partial charge >= 0.3 is 5.97 Å². The standard InChI is InChI=1S/C13H25NO3/c1-5-7-11(13(16)17)8-14-12(15)10(4)9(3)6-2/h9-11H,5-8H2,1-4H3,(H,14,15)(H,16,17). The molecular weight excluding hydrogens is 218 g/mol. The maximum absolute atomic E-state index is 11.8. The Balaban J connectivity index is 4.16. The molecule has 1 amide bonds. The summed E-state index contributed by atoms with van der Waals surface area (Å²) in [5.41, 5.74) is 0. The van der Waals surface area contributed by atoms with Crippen molar-refractivity contribution in [3.63, 3.8) is 0 Å². The van der Waals surface area contributed by atoms with Gasteiger partial charge in [0.25, 0.3) is 0 Å². The van der Waals surface area contributed by atoms with Gasteiger partial charge in [0.2, 0.25) is 5.91 Å². The van der Waals surface area contributed by atoms with Crippen molar-refractivity contribution >= 4 is 11.9 Å². The zero-order valence-electron chi connectivity index (χ0n) is 11.3. The van der Waals surface area contributed by atoms with Gasteiger partial charge in [-0.2, -0.15) is 0 Å². The molecule has 0 spiro atoms. The normalized spacial score (nSPS) is 16.0. The van der Waals surface area contributed by atoms with Crippen molar-refractivity contribution < 1.29 is 14.7 Å². The molecule has 0 aromatic rings. The van der Waals surface area contributed by atoms with Gasteiger partial charge in [-0.1, -0.05) is 40.5 Å². The summed E-state index contributed by atoms with van der Waals surface area (Å²) >= 11 is 0. The van der Waals surface area contributed by atoms with E-state index in [1.54, 1.807) is 0 Å². The second-order valence-corrected chi connectivity index (χ2v) is 4.74. The number of carbonyl (C=O) groups excluding carboxylic acids is 1. The molecule has 4 heteroatoms. The van der Waals surface area contributed by atoms with Crippen LogP contribution in [0.15, 0.2) is 0 Å². The summed E-state index contributed by atoms with van der Waals surface area (Å²) in [7, 11) is 0. The zero-order valence-corrected chi connectivity index (χ0v) is 11.3. The number of carboxylic acids is 1. The van der Waals surface area contributed by atoms with E-state index in [9.17, 15) is 9.59 Å². The van der Waals surface area contributed by atoms with Crippen LogP contribution in [0.25, 0.3) is 0 Å². The first-order chi connectivity index (χ1) is 7.93. The minimum absolute atomic E-state index is 0.0401. The van der Waals surface area contributed by atoms with Gasteiger partial charge in [0.1, 0.15) is 0 Å². The topological polar surface area (TPSA) is 66.4 Å². The monoisotopic (exact) mass is 243 g/mol. The molecule has 0 fully saturated rings. The summed E-state index contributed by atoms with van der Waals surface area (Å²) in [4.78, 5) is 22.7. The molecule has 100 valence electrons. The lowest BCUT2D eigenvalue weighted by molar-refractivity contribution is -0.142. The highest BCUT2D eigenvalue weighted by Crippen LogP contribution is 2.14. The van der Waals surface area contributed by atoms with Crippen LogP contribution in [0.3, 0.4) is 0 Å². The lowest BCUT2D eigenvalue weighted by Gasteiger charge is -2.19. The van der Waals surface area contributed by atoms with Gasteiger partial charge in [-0.05, 0) is 12.3 Å². The fourth-order valence-corrected chi connectivity index (χ4v) is 1.66. The molecule has 0 aliphatic rings. The zero-order chi connectivity index (χ0) is 13.4. The van der Waals surface area contributed by atoms with E-state index in [-0.39, 0.29) is 18.4 Å². The number of nitrogens with one attached hydrogen (secondary N) is 1. The quantitative estimate of drug-likeness (QED) is 0.687. The van der Waals surface area contributed by atoms with E-state index in [2.05, 4.69) is 5.32 Å². The highest BCUT2D eigenvalue weighted by Gasteiger charge is 2.21. The summed E-state index contributed by atoms with van der Waals surface area (Å²) in [5.74, 6) is -1.07. The maximum atomic E-state index is 11.8. The number of hydrogen-bond acceptors (Lipinski definition) is 2. The van der Waals surface area contributed by atoms with Gasteiger partial charge < -0.3 is 10.4 Å². The van der Waals surface area contributed by atoms with Crippen molar-refractivity contribution in [3.8, 4) is 0 Å². The van der Waals surface area contributed by atoms with Crippen LogP contribution in [0.2, 0.25) is 0 Å². The van der Waals surface area contributed by atoms with E-state index in [0.29, 0.717) is 12.3 Å². The molecular formula is C13H25NO3. The van der Waals surface area contributed by atoms with Crippen LogP contribution in [0.1, 0.15) is 47.0 Å². The van der Waals surface area contributed by atoms with Crippen LogP contribution in [-0.2, 0) is 9.59 Å². The van der Waals surface area contributed by atoms with Crippen LogP contribution in [-0.4, -0.2) is 23.5 Å². The smallest absolute Gasteiger partial charge is 0.308 e. The summed E-state index contributed by atoms with van der Waals surface area (Å²) in [6, 6.07) is 0. The molecule has 4 nitrogen and oxygen atoms in total. The summed E-state index contributed by atoms with van der Waals surface area (Å²) in [6.07, 6.45) is 2.37. The van der Waals surface area contributed by atoms with Crippen molar-refractivity contribution in [1.82, 2.24) is 5.32 Å². The Morgan fingerprint density at radius 3 is 2.24 bits per heavy atom. The molecule has 0 radical (unpaired) electrons. The SMILES string of the molecule is CCCC(CNC(=O)C(C)C(C)CC)C(=O)O. The molecule has 0 aliphatic heterocycles. The first-order valence-electron chi connectivity index (χ1n) is 6.44. The third-order valence-corrected chi connectivity index (χ3v) is 3.42. The Kier molecular flexibility index (Phi) is 7.59. The Morgan fingerprint density at radius 1 is 1.24 bits per heavy atom. The fourth-order valence-electron chi connectivity index (χ4n) is 1.66. The van der Waals surface area contributed by atoms with Crippen molar-refractivity contribution in [1.29, 1.82) is 0 Å². The molecule has 0 saturated carbocycles. The van der Waals surface area contributed by atoms with E-state index >= 15 is 0 Å². The lowest BCUT2D eigenvalue weighted by Crippen LogP contribution is -2.37. The van der Waals surface area contributed by atoms with Crippen LogP contribution < -0.4 is 5.32 Å². The van der Waals surface area contributed by atoms with E-state index < -0.39 is 11.9 Å². The molecule has 0 aliphatic carbocycles. The molecule has 17 heavy (non-hydrogen) atoms. The largest absolute Gasteiger partial charge is 0.481 e. The predicted molar refractivity (Wildman–Crippen MR) is 67.7 cm³/mol. The highest BCUT2D eigenvalue weighted by molar-refractivity contribution is 5.79. The molecule has 0 aromatic carbocycles. The van der Waals surface area contributed by atoms with Gasteiger partial charge in [-0.25, -0.2) is 0 Å². The second kappa shape index (κ2) is 8.09. The minimum Gasteiger partial charge on any atom is -0.481 e. The van der Waals surface area contributed by atoms with Gasteiger partial charge in [0, 0.05) is 12.5 Å². The van der Waals surface area contributed by atoms with Gasteiger partial charge in [-0.3, -0.25) is 9.59 Å². The highest BCUT2D eigenvalue weighted by atomic mass is 16.4. The number of rotatable bonds is 8. The van der Waals surface area contributed by atoms with E-state index in [1.807, 2.05) is 27.7 Å². The fraction of sp³-hybridized carbons (Fsp3) is 0.846. The Bertz CT molecular complexity index is 253. The number of aliphatic carboxylic acids is 1. The molecule has 0 saturated heterocycles. The molecule has 3 unspecified atom stereocenters. The average Bonchev–Trinajstić information content (AvgIpc) is 2.31. The van der Waals surface area contributed by atoms with E-state index in [4.69, 9.17) is 5.11 Å². The minimum atomic E-state index is -0.830. The van der Waals surface area contributed by atoms with Crippen molar-refractivity contribution in [2.75, 3.05) is 6.54 Å². The second-order valence-electron chi connectivity index (χ2n) is 4.74. The molecule has 0 aromatic heterocycles. The van der Waals surface area contributed by atoms with Crippen LogP contribution >= 0.6 is 0 Å². The predicted octanol–water partition coefficient (Wildman–Crippen LogP) is 2.29. The summed E-state index contributed by atoms with van der Waals surface area (Å²) < 4.78 is 0. The first kappa shape index (κ1) is 15.9. The maximum Gasteiger partial charge on any atom is 0.308 e. The van der Waals surface area contributed by atoms with E-state index in [0.717, 1.165) is 12.8 Å². The van der Waals surface area contributed by atoms with Crippen molar-refractivity contribution in [2.24, 2.45) is 17.8 Å². The van der Waals surface area contributed by atoms with E-state index in [1.165, 1.54) is 0 Å².